The maximum atomic E-state index is 13.3. The lowest BCUT2D eigenvalue weighted by molar-refractivity contribution is -0.148. The van der Waals surface area contributed by atoms with Crippen molar-refractivity contribution >= 4 is 61.6 Å². The SMILES string of the molecule is CCOc1cc(C=Nn2c([C@H](C)CC)nc3ccc(Br)cc3c2=O)cc(I)c1O[C@@H](C)C(=O)OC. The highest BCUT2D eigenvalue weighted by Crippen LogP contribution is 2.35. The highest BCUT2D eigenvalue weighted by molar-refractivity contribution is 14.1. The van der Waals surface area contributed by atoms with Crippen LogP contribution in [0.2, 0.25) is 0 Å². The molecule has 0 spiro atoms. The highest BCUT2D eigenvalue weighted by atomic mass is 127. The third-order valence-electron chi connectivity index (χ3n) is 5.37. The van der Waals surface area contributed by atoms with Crippen molar-refractivity contribution in [3.8, 4) is 11.5 Å². The van der Waals surface area contributed by atoms with Crippen LogP contribution in [-0.2, 0) is 9.53 Å². The molecule has 1 aromatic heterocycles. The molecule has 0 saturated carbocycles. The Balaban J connectivity index is 2.09. The van der Waals surface area contributed by atoms with Crippen LogP contribution in [-0.4, -0.2) is 41.7 Å². The van der Waals surface area contributed by atoms with Crippen molar-refractivity contribution in [3.05, 3.63) is 60.1 Å². The second-order valence-electron chi connectivity index (χ2n) is 7.85. The van der Waals surface area contributed by atoms with Crippen molar-refractivity contribution < 1.29 is 19.0 Å². The van der Waals surface area contributed by atoms with E-state index in [1.165, 1.54) is 11.8 Å². The summed E-state index contributed by atoms with van der Waals surface area (Å²) in [5.74, 6) is 1.04. The van der Waals surface area contributed by atoms with Crippen molar-refractivity contribution in [1.29, 1.82) is 0 Å². The zero-order valence-corrected chi connectivity index (χ0v) is 23.9. The van der Waals surface area contributed by atoms with Crippen molar-refractivity contribution in [1.82, 2.24) is 9.66 Å². The van der Waals surface area contributed by atoms with Gasteiger partial charge in [-0.05, 0) is 78.8 Å². The number of ether oxygens (including phenoxy) is 3. The number of carbonyl (C=O) groups excluding carboxylic acids is 1. The van der Waals surface area contributed by atoms with E-state index in [2.05, 4.69) is 43.6 Å². The van der Waals surface area contributed by atoms with Crippen LogP contribution in [0.1, 0.15) is 51.4 Å². The minimum Gasteiger partial charge on any atom is -0.490 e. The molecule has 0 aliphatic heterocycles. The molecule has 186 valence electrons. The second kappa shape index (κ2) is 12.0. The zero-order valence-electron chi connectivity index (χ0n) is 20.2. The van der Waals surface area contributed by atoms with E-state index in [9.17, 15) is 9.59 Å². The van der Waals surface area contributed by atoms with Gasteiger partial charge in [0, 0.05) is 10.4 Å². The molecule has 0 unspecified atom stereocenters. The van der Waals surface area contributed by atoms with Gasteiger partial charge >= 0.3 is 5.97 Å². The first-order valence-corrected chi connectivity index (χ1v) is 13.0. The lowest BCUT2D eigenvalue weighted by atomic mass is 10.1. The van der Waals surface area contributed by atoms with Crippen LogP contribution >= 0.6 is 38.5 Å². The Morgan fingerprint density at radius 1 is 1.26 bits per heavy atom. The third-order valence-corrected chi connectivity index (χ3v) is 6.66. The molecule has 0 N–H and O–H groups in total. The Morgan fingerprint density at radius 2 is 2.00 bits per heavy atom. The molecule has 0 bridgehead atoms. The first-order chi connectivity index (χ1) is 16.7. The maximum absolute atomic E-state index is 13.3. The van der Waals surface area contributed by atoms with Crippen LogP contribution in [0.25, 0.3) is 10.9 Å². The van der Waals surface area contributed by atoms with E-state index in [1.807, 2.05) is 39.0 Å². The van der Waals surface area contributed by atoms with Crippen molar-refractivity contribution in [2.75, 3.05) is 13.7 Å². The van der Waals surface area contributed by atoms with Gasteiger partial charge in [0.15, 0.2) is 17.6 Å². The number of aromatic nitrogens is 2. The molecule has 8 nitrogen and oxygen atoms in total. The summed E-state index contributed by atoms with van der Waals surface area (Å²) in [4.78, 5) is 29.9. The van der Waals surface area contributed by atoms with Crippen LogP contribution in [0.15, 0.2) is 44.7 Å². The average molecular weight is 656 g/mol. The molecular formula is C25H27BrIN3O5. The molecule has 0 radical (unpaired) electrons. The number of halogens is 2. The normalized spacial score (nSPS) is 13.1. The predicted octanol–water partition coefficient (Wildman–Crippen LogP) is 5.50. The summed E-state index contributed by atoms with van der Waals surface area (Å²) in [6, 6.07) is 9.04. The first-order valence-electron chi connectivity index (χ1n) is 11.2. The topological polar surface area (TPSA) is 92.0 Å². The quantitative estimate of drug-likeness (QED) is 0.172. The van der Waals surface area contributed by atoms with Gasteiger partial charge in [-0.15, -0.1) is 0 Å². The summed E-state index contributed by atoms with van der Waals surface area (Å²) in [6.45, 7) is 7.93. The fraction of sp³-hybridized carbons (Fsp3) is 0.360. The van der Waals surface area contributed by atoms with Gasteiger partial charge < -0.3 is 14.2 Å². The molecule has 0 aliphatic carbocycles. The number of hydrogen-bond donors (Lipinski definition) is 0. The van der Waals surface area contributed by atoms with Gasteiger partial charge in [-0.3, -0.25) is 4.79 Å². The third kappa shape index (κ3) is 6.21. The molecular weight excluding hydrogens is 629 g/mol. The zero-order chi connectivity index (χ0) is 25.7. The van der Waals surface area contributed by atoms with Gasteiger partial charge in [0.25, 0.3) is 5.56 Å². The molecule has 1 heterocycles. The Morgan fingerprint density at radius 3 is 2.66 bits per heavy atom. The molecule has 2 atom stereocenters. The number of esters is 1. The fourth-order valence-electron chi connectivity index (χ4n) is 3.33. The predicted molar refractivity (Wildman–Crippen MR) is 148 cm³/mol. The van der Waals surface area contributed by atoms with Gasteiger partial charge in [-0.2, -0.15) is 9.78 Å². The molecule has 2 aromatic carbocycles. The summed E-state index contributed by atoms with van der Waals surface area (Å²) < 4.78 is 19.2. The summed E-state index contributed by atoms with van der Waals surface area (Å²) in [5.41, 5.74) is 1.09. The molecule has 10 heteroatoms. The second-order valence-corrected chi connectivity index (χ2v) is 9.93. The molecule has 0 aliphatic rings. The monoisotopic (exact) mass is 655 g/mol. The van der Waals surface area contributed by atoms with Crippen molar-refractivity contribution in [2.45, 2.75) is 46.1 Å². The van der Waals surface area contributed by atoms with Crippen LogP contribution in [0.5, 0.6) is 11.5 Å². The lowest BCUT2D eigenvalue weighted by Crippen LogP contribution is -2.25. The van der Waals surface area contributed by atoms with Crippen LogP contribution in [0.4, 0.5) is 0 Å². The molecule has 3 rings (SSSR count). The lowest BCUT2D eigenvalue weighted by Gasteiger charge is -2.18. The summed E-state index contributed by atoms with van der Waals surface area (Å²) in [5, 5.41) is 5.01. The van der Waals surface area contributed by atoms with E-state index in [0.29, 0.717) is 40.4 Å². The fourth-order valence-corrected chi connectivity index (χ4v) is 4.45. The van der Waals surface area contributed by atoms with E-state index >= 15 is 0 Å². The standard InChI is InChI=1S/C25H27BrIN3O5/c1-6-14(3)23-29-20-9-8-17(26)12-18(20)24(31)30(23)28-13-16-10-19(27)22(21(11-16)34-7-2)35-15(4)25(32)33-5/h8-15H,6-7H2,1-5H3/t14-,15+/m1/s1. The van der Waals surface area contributed by atoms with Crippen molar-refractivity contribution in [3.63, 3.8) is 0 Å². The summed E-state index contributed by atoms with van der Waals surface area (Å²) >= 11 is 5.54. The Kier molecular flexibility index (Phi) is 9.28. The number of nitrogens with zero attached hydrogens (tertiary/aromatic N) is 3. The highest BCUT2D eigenvalue weighted by Gasteiger charge is 2.20. The van der Waals surface area contributed by atoms with E-state index in [0.717, 1.165) is 14.5 Å². The van der Waals surface area contributed by atoms with Crippen molar-refractivity contribution in [2.24, 2.45) is 5.10 Å². The molecule has 35 heavy (non-hydrogen) atoms. The maximum Gasteiger partial charge on any atom is 0.346 e. The first kappa shape index (κ1) is 27.1. The summed E-state index contributed by atoms with van der Waals surface area (Å²) in [7, 11) is 1.31. The number of benzene rings is 2. The van der Waals surface area contributed by atoms with E-state index in [1.54, 1.807) is 25.3 Å². The summed E-state index contributed by atoms with van der Waals surface area (Å²) in [6.07, 6.45) is 1.60. The average Bonchev–Trinajstić information content (AvgIpc) is 2.84. The number of rotatable bonds is 9. The molecule has 0 fully saturated rings. The molecule has 0 saturated heterocycles. The Hall–Kier alpha value is -2.47. The Bertz CT molecular complexity index is 1320. The number of methoxy groups -OCH3 is 1. The van der Waals surface area contributed by atoms with Crippen LogP contribution in [0, 0.1) is 3.57 Å². The van der Waals surface area contributed by atoms with Crippen LogP contribution in [0.3, 0.4) is 0 Å². The Labute approximate surface area is 225 Å². The minimum absolute atomic E-state index is 0.0302. The minimum atomic E-state index is -0.799. The molecule has 3 aromatic rings. The van der Waals surface area contributed by atoms with Gasteiger partial charge in [0.1, 0.15) is 5.82 Å². The van der Waals surface area contributed by atoms with Gasteiger partial charge in [0.2, 0.25) is 0 Å². The molecule has 0 amide bonds. The largest absolute Gasteiger partial charge is 0.490 e. The van der Waals surface area contributed by atoms with Crippen LogP contribution < -0.4 is 15.0 Å². The number of hydrogen-bond acceptors (Lipinski definition) is 7. The van der Waals surface area contributed by atoms with E-state index in [-0.39, 0.29) is 11.5 Å². The van der Waals surface area contributed by atoms with Gasteiger partial charge in [0.05, 0.1) is 34.4 Å². The smallest absolute Gasteiger partial charge is 0.346 e. The van der Waals surface area contributed by atoms with Gasteiger partial charge in [-0.25, -0.2) is 9.78 Å². The van der Waals surface area contributed by atoms with E-state index < -0.39 is 12.1 Å². The number of fused-ring (bicyclic) bond motifs is 1. The van der Waals surface area contributed by atoms with Gasteiger partial charge in [-0.1, -0.05) is 29.8 Å². The number of carbonyl (C=O) groups is 1. The van der Waals surface area contributed by atoms with E-state index in [4.69, 9.17) is 19.2 Å².